The molecule has 7 nitrogen and oxygen atoms in total. The predicted molar refractivity (Wildman–Crippen MR) is 106 cm³/mol. The topological polar surface area (TPSA) is 90.3 Å². The largest absolute Gasteiger partial charge is 0.451 e. The first kappa shape index (κ1) is 21.1. The van der Waals surface area contributed by atoms with Crippen LogP contribution in [-0.2, 0) is 16.1 Å². The number of nitrogens with zero attached hydrogens (tertiary/aromatic N) is 2. The number of hydrogen-bond donors (Lipinski definition) is 1. The molecule has 1 aromatic heterocycles. The molecule has 30 heavy (non-hydrogen) atoms. The molecule has 0 saturated carbocycles. The molecule has 9 heteroatoms. The second-order valence-electron chi connectivity index (χ2n) is 7.02. The number of amides is 1. The van der Waals surface area contributed by atoms with Gasteiger partial charge in [0.15, 0.2) is 12.3 Å². The minimum absolute atomic E-state index is 0.105. The molecule has 0 aliphatic carbocycles. The van der Waals surface area contributed by atoms with E-state index in [0.29, 0.717) is 23.4 Å². The number of fused-ring (bicyclic) bond motifs is 1. The predicted octanol–water partition coefficient (Wildman–Crippen LogP) is 3.13. The maximum Gasteiger partial charge on any atom is 0.359 e. The Morgan fingerprint density at radius 2 is 1.83 bits per heavy atom. The quantitative estimate of drug-likeness (QED) is 0.625. The van der Waals surface area contributed by atoms with Gasteiger partial charge in [0.25, 0.3) is 11.5 Å². The van der Waals surface area contributed by atoms with E-state index in [1.165, 1.54) is 4.68 Å². The smallest absolute Gasteiger partial charge is 0.359 e. The van der Waals surface area contributed by atoms with Crippen molar-refractivity contribution < 1.29 is 23.1 Å². The van der Waals surface area contributed by atoms with E-state index in [1.807, 2.05) is 13.8 Å². The summed E-state index contributed by atoms with van der Waals surface area (Å²) < 4.78 is 32.8. The molecule has 3 aromatic rings. The van der Waals surface area contributed by atoms with Crippen molar-refractivity contribution in [1.29, 1.82) is 0 Å². The molecule has 0 aliphatic rings. The highest BCUT2D eigenvalue weighted by Crippen LogP contribution is 2.16. The zero-order chi connectivity index (χ0) is 21.8. The number of aromatic nitrogens is 2. The molecule has 156 valence electrons. The van der Waals surface area contributed by atoms with Crippen LogP contribution in [0.4, 0.5) is 14.5 Å². The Morgan fingerprint density at radius 1 is 1.13 bits per heavy atom. The lowest BCUT2D eigenvalue weighted by atomic mass is 10.1. The third-order valence-corrected chi connectivity index (χ3v) is 4.14. The average Bonchev–Trinajstić information content (AvgIpc) is 2.70. The molecule has 0 atom stereocenters. The Morgan fingerprint density at radius 3 is 2.50 bits per heavy atom. The van der Waals surface area contributed by atoms with Crippen LogP contribution in [-0.4, -0.2) is 28.3 Å². The van der Waals surface area contributed by atoms with Gasteiger partial charge in [-0.25, -0.2) is 18.3 Å². The lowest BCUT2D eigenvalue weighted by Gasteiger charge is -2.12. The van der Waals surface area contributed by atoms with Gasteiger partial charge in [0.1, 0.15) is 11.6 Å². The van der Waals surface area contributed by atoms with Crippen molar-refractivity contribution in [3.63, 3.8) is 0 Å². The monoisotopic (exact) mass is 415 g/mol. The van der Waals surface area contributed by atoms with Gasteiger partial charge < -0.3 is 10.1 Å². The van der Waals surface area contributed by atoms with Gasteiger partial charge >= 0.3 is 5.97 Å². The van der Waals surface area contributed by atoms with Crippen molar-refractivity contribution in [2.45, 2.75) is 20.4 Å². The fraction of sp³-hybridized carbons (Fsp3) is 0.238. The van der Waals surface area contributed by atoms with E-state index in [0.717, 1.165) is 12.1 Å². The average molecular weight is 415 g/mol. The zero-order valence-electron chi connectivity index (χ0n) is 16.3. The number of carbonyl (C=O) groups excluding carboxylic acids is 2. The van der Waals surface area contributed by atoms with Crippen LogP contribution in [0.2, 0.25) is 0 Å². The lowest BCUT2D eigenvalue weighted by molar-refractivity contribution is -0.119. The van der Waals surface area contributed by atoms with Crippen molar-refractivity contribution in [2.75, 3.05) is 11.9 Å². The summed E-state index contributed by atoms with van der Waals surface area (Å²) in [7, 11) is 0. The van der Waals surface area contributed by atoms with E-state index < -0.39 is 30.1 Å². The van der Waals surface area contributed by atoms with Gasteiger partial charge in [0.05, 0.1) is 11.1 Å². The van der Waals surface area contributed by atoms with E-state index in [2.05, 4.69) is 10.4 Å². The number of nitrogens with one attached hydrogen (secondary N) is 1. The minimum Gasteiger partial charge on any atom is -0.451 e. The van der Waals surface area contributed by atoms with Crippen LogP contribution >= 0.6 is 0 Å². The molecule has 0 aliphatic heterocycles. The molecule has 0 bridgehead atoms. The molecule has 0 saturated heterocycles. The highest BCUT2D eigenvalue weighted by Gasteiger charge is 2.19. The SMILES string of the molecule is CC(C)Cn1nc(C(=O)OCC(=O)Nc2ccc(F)cc2F)c2ccccc2c1=O. The Hall–Kier alpha value is -3.62. The Balaban J connectivity index is 1.80. The van der Waals surface area contributed by atoms with Crippen LogP contribution in [0.1, 0.15) is 24.3 Å². The van der Waals surface area contributed by atoms with Crippen molar-refractivity contribution in [3.8, 4) is 0 Å². The van der Waals surface area contributed by atoms with Gasteiger partial charge in [-0.15, -0.1) is 0 Å². The first-order valence-corrected chi connectivity index (χ1v) is 9.18. The third-order valence-electron chi connectivity index (χ3n) is 4.14. The summed E-state index contributed by atoms with van der Waals surface area (Å²) in [6, 6.07) is 9.13. The van der Waals surface area contributed by atoms with E-state index in [4.69, 9.17) is 4.74 Å². The molecule has 0 unspecified atom stereocenters. The summed E-state index contributed by atoms with van der Waals surface area (Å²) >= 11 is 0. The standard InChI is InChI=1S/C21H19F2N3O4/c1-12(2)10-26-20(28)15-6-4-3-5-14(15)19(25-26)21(29)30-11-18(27)24-17-8-7-13(22)9-16(17)23/h3-9,12H,10-11H2,1-2H3,(H,24,27). The normalized spacial score (nSPS) is 11.0. The molecular weight excluding hydrogens is 396 g/mol. The van der Waals surface area contributed by atoms with Gasteiger partial charge in [0, 0.05) is 18.0 Å². The molecule has 3 rings (SSSR count). The molecule has 0 fully saturated rings. The summed E-state index contributed by atoms with van der Waals surface area (Å²) in [6.07, 6.45) is 0. The van der Waals surface area contributed by atoms with Crippen LogP contribution < -0.4 is 10.9 Å². The Kier molecular flexibility index (Phi) is 6.20. The Bertz CT molecular complexity index is 1170. The van der Waals surface area contributed by atoms with Crippen molar-refractivity contribution in [3.05, 3.63) is 70.1 Å². The molecule has 0 spiro atoms. The first-order chi connectivity index (χ1) is 14.3. The number of halogens is 2. The zero-order valence-corrected chi connectivity index (χ0v) is 16.3. The fourth-order valence-electron chi connectivity index (χ4n) is 2.83. The maximum absolute atomic E-state index is 13.6. The number of benzene rings is 2. The van der Waals surface area contributed by atoms with Crippen LogP contribution in [0.3, 0.4) is 0 Å². The van der Waals surface area contributed by atoms with Crippen LogP contribution in [0.15, 0.2) is 47.3 Å². The van der Waals surface area contributed by atoms with E-state index in [1.54, 1.807) is 24.3 Å². The van der Waals surface area contributed by atoms with Gasteiger partial charge in [0.2, 0.25) is 0 Å². The number of ether oxygens (including phenoxy) is 1. The summed E-state index contributed by atoms with van der Waals surface area (Å²) in [5.74, 6) is -3.35. The molecule has 1 heterocycles. The van der Waals surface area contributed by atoms with Crippen molar-refractivity contribution in [2.24, 2.45) is 5.92 Å². The van der Waals surface area contributed by atoms with Gasteiger partial charge in [-0.3, -0.25) is 9.59 Å². The highest BCUT2D eigenvalue weighted by molar-refractivity contribution is 6.03. The van der Waals surface area contributed by atoms with Gasteiger partial charge in [-0.1, -0.05) is 32.0 Å². The summed E-state index contributed by atoms with van der Waals surface area (Å²) in [4.78, 5) is 37.1. The van der Waals surface area contributed by atoms with Crippen molar-refractivity contribution in [1.82, 2.24) is 9.78 Å². The second kappa shape index (κ2) is 8.81. The van der Waals surface area contributed by atoms with Gasteiger partial charge in [-0.05, 0) is 24.1 Å². The number of anilines is 1. The molecule has 0 radical (unpaired) electrons. The number of rotatable bonds is 6. The molecule has 1 amide bonds. The molecule has 1 N–H and O–H groups in total. The summed E-state index contributed by atoms with van der Waals surface area (Å²) in [5.41, 5.74) is -0.682. The highest BCUT2D eigenvalue weighted by atomic mass is 19.1. The second-order valence-corrected chi connectivity index (χ2v) is 7.02. The first-order valence-electron chi connectivity index (χ1n) is 9.18. The number of hydrogen-bond acceptors (Lipinski definition) is 5. The van der Waals surface area contributed by atoms with E-state index in [9.17, 15) is 23.2 Å². The van der Waals surface area contributed by atoms with E-state index >= 15 is 0 Å². The molecule has 2 aromatic carbocycles. The van der Waals surface area contributed by atoms with Crippen LogP contribution in [0.25, 0.3) is 10.8 Å². The minimum atomic E-state index is -0.955. The summed E-state index contributed by atoms with van der Waals surface area (Å²) in [5, 5.41) is 6.92. The fourth-order valence-corrected chi connectivity index (χ4v) is 2.83. The molecular formula is C21H19F2N3O4. The number of carbonyl (C=O) groups is 2. The van der Waals surface area contributed by atoms with E-state index in [-0.39, 0.29) is 22.9 Å². The van der Waals surface area contributed by atoms with Crippen molar-refractivity contribution >= 4 is 28.3 Å². The third kappa shape index (κ3) is 4.68. The number of esters is 1. The summed E-state index contributed by atoms with van der Waals surface area (Å²) in [6.45, 7) is 3.39. The maximum atomic E-state index is 13.6. The van der Waals surface area contributed by atoms with Crippen LogP contribution in [0, 0.1) is 17.6 Å². The Labute approximate surface area is 170 Å². The van der Waals surface area contributed by atoms with Crippen LogP contribution in [0.5, 0.6) is 0 Å². The van der Waals surface area contributed by atoms with Gasteiger partial charge in [-0.2, -0.15) is 5.10 Å². The lowest BCUT2D eigenvalue weighted by Crippen LogP contribution is -2.29.